The second-order valence-electron chi connectivity index (χ2n) is 7.65. The quantitative estimate of drug-likeness (QED) is 0.264. The number of halogens is 1. The molecule has 35 heavy (non-hydrogen) atoms. The summed E-state index contributed by atoms with van der Waals surface area (Å²) in [7, 11) is 0. The van der Waals surface area contributed by atoms with E-state index in [0.717, 1.165) is 32.7 Å². The third-order valence-electron chi connectivity index (χ3n) is 5.26. The van der Waals surface area contributed by atoms with Crippen LogP contribution >= 0.6 is 27.7 Å². The summed E-state index contributed by atoms with van der Waals surface area (Å²) in [5.74, 6) is -0.299. The molecule has 176 valence electrons. The first-order valence-electron chi connectivity index (χ1n) is 10.6. The van der Waals surface area contributed by atoms with E-state index in [0.29, 0.717) is 29.3 Å². The Morgan fingerprint density at radius 1 is 1.06 bits per heavy atom. The SMILES string of the molecule is O=C(CSc1nnc2c(n1)[nH]c1ccc(Br)cc12)Nc1cc(=O)[nH]c(=O)n1CCc1ccccc1. The van der Waals surface area contributed by atoms with E-state index in [4.69, 9.17) is 0 Å². The molecule has 0 aliphatic rings. The molecule has 0 saturated heterocycles. The Kier molecular flexibility index (Phi) is 6.47. The molecule has 0 saturated carbocycles. The minimum atomic E-state index is -0.586. The highest BCUT2D eigenvalue weighted by Gasteiger charge is 2.14. The molecule has 3 heterocycles. The van der Waals surface area contributed by atoms with Crippen LogP contribution in [0.15, 0.2) is 73.8 Å². The third-order valence-corrected chi connectivity index (χ3v) is 6.59. The molecule has 0 unspecified atom stereocenters. The minimum absolute atomic E-state index is 0.0291. The van der Waals surface area contributed by atoms with Gasteiger partial charge in [0.1, 0.15) is 11.3 Å². The highest BCUT2D eigenvalue weighted by atomic mass is 79.9. The van der Waals surface area contributed by atoms with Crippen LogP contribution in [0.2, 0.25) is 0 Å². The maximum absolute atomic E-state index is 12.6. The van der Waals surface area contributed by atoms with Gasteiger partial charge in [0.05, 0.1) is 5.75 Å². The standard InChI is InChI=1S/C23H18BrN7O3S/c24-14-6-7-16-15(10-14)20-21(25-16)28-22(30-29-20)35-12-19(33)26-17-11-18(32)27-23(34)31(17)9-8-13-4-2-1-3-5-13/h1-7,10-11H,8-9,12H2,(H,26,33)(H,25,28,30)(H,27,32,34). The third kappa shape index (κ3) is 5.17. The Labute approximate surface area is 210 Å². The summed E-state index contributed by atoms with van der Waals surface area (Å²) in [6.45, 7) is 0.294. The van der Waals surface area contributed by atoms with Crippen molar-refractivity contribution in [2.24, 2.45) is 0 Å². The van der Waals surface area contributed by atoms with Crippen LogP contribution in [-0.4, -0.2) is 41.4 Å². The fraction of sp³-hybridized carbons (Fsp3) is 0.130. The number of anilines is 1. The lowest BCUT2D eigenvalue weighted by Gasteiger charge is -2.13. The van der Waals surface area contributed by atoms with E-state index in [2.05, 4.69) is 46.4 Å². The number of carbonyl (C=O) groups is 1. The summed E-state index contributed by atoms with van der Waals surface area (Å²) in [6.07, 6.45) is 0.561. The van der Waals surface area contributed by atoms with Crippen LogP contribution in [0.25, 0.3) is 22.1 Å². The number of aryl methyl sites for hydroxylation is 1. The summed E-state index contributed by atoms with van der Waals surface area (Å²) in [6, 6.07) is 16.6. The Balaban J connectivity index is 1.29. The van der Waals surface area contributed by atoms with E-state index in [1.807, 2.05) is 48.5 Å². The number of thioether (sulfide) groups is 1. The van der Waals surface area contributed by atoms with E-state index in [-0.39, 0.29) is 11.6 Å². The van der Waals surface area contributed by atoms with Gasteiger partial charge in [0.25, 0.3) is 5.56 Å². The van der Waals surface area contributed by atoms with Gasteiger partial charge >= 0.3 is 5.69 Å². The van der Waals surface area contributed by atoms with Crippen LogP contribution in [-0.2, 0) is 17.8 Å². The lowest BCUT2D eigenvalue weighted by Crippen LogP contribution is -2.33. The molecule has 0 radical (unpaired) electrons. The minimum Gasteiger partial charge on any atom is -0.338 e. The van der Waals surface area contributed by atoms with Gasteiger partial charge in [-0.15, -0.1) is 10.2 Å². The van der Waals surface area contributed by atoms with Crippen molar-refractivity contribution in [1.82, 2.24) is 29.7 Å². The van der Waals surface area contributed by atoms with Gasteiger partial charge in [-0.2, -0.15) is 0 Å². The molecular weight excluding hydrogens is 534 g/mol. The van der Waals surface area contributed by atoms with Gasteiger partial charge in [-0.3, -0.25) is 19.1 Å². The topological polar surface area (TPSA) is 138 Å². The first-order valence-corrected chi connectivity index (χ1v) is 12.4. The second kappa shape index (κ2) is 9.84. The van der Waals surface area contributed by atoms with Crippen molar-refractivity contribution in [3.8, 4) is 0 Å². The highest BCUT2D eigenvalue weighted by Crippen LogP contribution is 2.26. The number of H-pyrrole nitrogens is 2. The van der Waals surface area contributed by atoms with E-state index in [1.54, 1.807) is 0 Å². The number of benzene rings is 2. The summed E-state index contributed by atoms with van der Waals surface area (Å²) in [4.78, 5) is 46.8. The number of nitrogens with zero attached hydrogens (tertiary/aromatic N) is 4. The number of aromatic nitrogens is 6. The summed E-state index contributed by atoms with van der Waals surface area (Å²) < 4.78 is 2.26. The number of nitrogens with one attached hydrogen (secondary N) is 3. The lowest BCUT2D eigenvalue weighted by atomic mass is 10.1. The Morgan fingerprint density at radius 3 is 2.71 bits per heavy atom. The zero-order valence-electron chi connectivity index (χ0n) is 18.1. The molecule has 5 aromatic rings. The van der Waals surface area contributed by atoms with Crippen LogP contribution in [0.3, 0.4) is 0 Å². The largest absolute Gasteiger partial charge is 0.338 e. The first kappa shape index (κ1) is 23.0. The molecule has 0 fully saturated rings. The molecule has 0 aliphatic carbocycles. The molecule has 0 spiro atoms. The van der Waals surface area contributed by atoms with Crippen molar-refractivity contribution >= 4 is 61.5 Å². The monoisotopic (exact) mass is 551 g/mol. The molecular formula is C23H18BrN7O3S. The first-order chi connectivity index (χ1) is 17.0. The summed E-state index contributed by atoms with van der Waals surface area (Å²) >= 11 is 4.55. The molecule has 0 atom stereocenters. The molecule has 0 aliphatic heterocycles. The predicted octanol–water partition coefficient (Wildman–Crippen LogP) is 3.09. The van der Waals surface area contributed by atoms with E-state index >= 15 is 0 Å². The number of fused-ring (bicyclic) bond motifs is 3. The van der Waals surface area contributed by atoms with Gasteiger partial charge in [0.15, 0.2) is 5.65 Å². The highest BCUT2D eigenvalue weighted by molar-refractivity contribution is 9.10. The van der Waals surface area contributed by atoms with Crippen LogP contribution in [0, 0.1) is 0 Å². The zero-order chi connectivity index (χ0) is 24.4. The van der Waals surface area contributed by atoms with Crippen molar-refractivity contribution in [2.45, 2.75) is 18.1 Å². The maximum Gasteiger partial charge on any atom is 0.329 e. The number of amides is 1. The molecule has 2 aromatic carbocycles. The van der Waals surface area contributed by atoms with E-state index < -0.39 is 17.2 Å². The Morgan fingerprint density at radius 2 is 1.89 bits per heavy atom. The van der Waals surface area contributed by atoms with Gasteiger partial charge in [-0.05, 0) is 30.2 Å². The second-order valence-corrected chi connectivity index (χ2v) is 9.51. The number of hydrogen-bond acceptors (Lipinski definition) is 7. The van der Waals surface area contributed by atoms with Gasteiger partial charge < -0.3 is 10.3 Å². The maximum atomic E-state index is 12.6. The molecule has 3 N–H and O–H groups in total. The summed E-state index contributed by atoms with van der Waals surface area (Å²) in [5, 5.41) is 12.3. The molecule has 10 nitrogen and oxygen atoms in total. The van der Waals surface area contributed by atoms with E-state index in [1.165, 1.54) is 10.6 Å². The van der Waals surface area contributed by atoms with Gasteiger partial charge in [-0.1, -0.05) is 58.0 Å². The molecule has 12 heteroatoms. The fourth-order valence-electron chi connectivity index (χ4n) is 3.63. The average Bonchev–Trinajstić information content (AvgIpc) is 3.20. The van der Waals surface area contributed by atoms with Crippen molar-refractivity contribution < 1.29 is 4.79 Å². The Hall–Kier alpha value is -3.77. The number of carbonyl (C=O) groups excluding carboxylic acids is 1. The van der Waals surface area contributed by atoms with Crippen molar-refractivity contribution in [3.63, 3.8) is 0 Å². The van der Waals surface area contributed by atoms with Gasteiger partial charge in [0.2, 0.25) is 11.1 Å². The predicted molar refractivity (Wildman–Crippen MR) is 138 cm³/mol. The molecule has 0 bridgehead atoms. The van der Waals surface area contributed by atoms with E-state index in [9.17, 15) is 14.4 Å². The molecule has 5 rings (SSSR count). The summed E-state index contributed by atoms with van der Waals surface area (Å²) in [5.41, 5.74) is 1.95. The lowest BCUT2D eigenvalue weighted by molar-refractivity contribution is -0.113. The van der Waals surface area contributed by atoms with Gasteiger partial charge in [-0.25, -0.2) is 9.78 Å². The molecule has 3 aromatic heterocycles. The van der Waals surface area contributed by atoms with Crippen LogP contribution < -0.4 is 16.6 Å². The molecule has 1 amide bonds. The number of aromatic amines is 2. The van der Waals surface area contributed by atoms with Crippen LogP contribution in [0.5, 0.6) is 0 Å². The van der Waals surface area contributed by atoms with Crippen LogP contribution in [0.4, 0.5) is 5.82 Å². The van der Waals surface area contributed by atoms with Gasteiger partial charge in [0, 0.05) is 28.0 Å². The van der Waals surface area contributed by atoms with Crippen molar-refractivity contribution in [3.05, 3.63) is 85.5 Å². The fourth-order valence-corrected chi connectivity index (χ4v) is 4.58. The number of rotatable bonds is 7. The van der Waals surface area contributed by atoms with Crippen LogP contribution in [0.1, 0.15) is 5.56 Å². The zero-order valence-corrected chi connectivity index (χ0v) is 20.5. The average molecular weight is 552 g/mol. The number of hydrogen-bond donors (Lipinski definition) is 3. The normalized spacial score (nSPS) is 11.2. The van der Waals surface area contributed by atoms with Crippen molar-refractivity contribution in [2.75, 3.05) is 11.1 Å². The van der Waals surface area contributed by atoms with Crippen molar-refractivity contribution in [1.29, 1.82) is 0 Å². The smallest absolute Gasteiger partial charge is 0.329 e. The Bertz CT molecular complexity index is 1660.